The summed E-state index contributed by atoms with van der Waals surface area (Å²) in [7, 11) is -3.13. The van der Waals surface area contributed by atoms with Gasteiger partial charge in [-0.25, -0.2) is 22.5 Å². The van der Waals surface area contributed by atoms with Crippen molar-refractivity contribution in [2.75, 3.05) is 30.9 Å². The lowest BCUT2D eigenvalue weighted by Gasteiger charge is -2.30. The summed E-state index contributed by atoms with van der Waals surface area (Å²) in [5, 5.41) is 0. The molecule has 9 heteroatoms. The molecule has 0 saturated carbocycles. The maximum atomic E-state index is 12.0. The number of piperidine rings is 1. The number of ether oxygens (including phenoxy) is 1. The van der Waals surface area contributed by atoms with Gasteiger partial charge in [0.1, 0.15) is 6.61 Å². The summed E-state index contributed by atoms with van der Waals surface area (Å²) in [6.45, 7) is 5.44. The summed E-state index contributed by atoms with van der Waals surface area (Å²) in [5.41, 5.74) is 0.838. The highest BCUT2D eigenvalue weighted by atomic mass is 32.2. The molecule has 0 bridgehead atoms. The zero-order chi connectivity index (χ0) is 18.2. The number of aromatic nitrogens is 2. The van der Waals surface area contributed by atoms with E-state index < -0.39 is 10.0 Å². The van der Waals surface area contributed by atoms with Crippen LogP contribution in [0.25, 0.3) is 0 Å². The van der Waals surface area contributed by atoms with Crippen LogP contribution < -0.4 is 4.90 Å². The molecule has 25 heavy (non-hydrogen) atoms. The van der Waals surface area contributed by atoms with Gasteiger partial charge >= 0.3 is 6.09 Å². The molecule has 0 spiro atoms. The van der Waals surface area contributed by atoms with Crippen LogP contribution >= 0.6 is 0 Å². The van der Waals surface area contributed by atoms with E-state index in [-0.39, 0.29) is 24.0 Å². The highest BCUT2D eigenvalue weighted by Crippen LogP contribution is 2.29. The summed E-state index contributed by atoms with van der Waals surface area (Å²) in [5.74, 6) is 0.942. The molecule has 0 aliphatic carbocycles. The molecule has 1 aromatic heterocycles. The maximum Gasteiger partial charge on any atom is 0.415 e. The first-order valence-electron chi connectivity index (χ1n) is 8.50. The fourth-order valence-electron chi connectivity index (χ4n) is 3.34. The first-order chi connectivity index (χ1) is 11.8. The lowest BCUT2D eigenvalue weighted by molar-refractivity contribution is 0.177. The number of carbonyl (C=O) groups is 1. The van der Waals surface area contributed by atoms with E-state index in [9.17, 15) is 13.2 Å². The van der Waals surface area contributed by atoms with Gasteiger partial charge in [0.05, 0.1) is 30.4 Å². The molecular formula is C16H24N4O4S. The summed E-state index contributed by atoms with van der Waals surface area (Å²) in [6.07, 6.45) is 5.60. The molecule has 2 fully saturated rings. The second-order valence-corrected chi connectivity index (χ2v) is 8.98. The fourth-order valence-corrected chi connectivity index (χ4v) is 4.21. The van der Waals surface area contributed by atoms with Gasteiger partial charge < -0.3 is 4.74 Å². The van der Waals surface area contributed by atoms with E-state index >= 15 is 0 Å². The number of nitrogens with zero attached hydrogens (tertiary/aromatic N) is 4. The Balaban J connectivity index is 1.70. The van der Waals surface area contributed by atoms with Crippen LogP contribution in [-0.2, 0) is 14.8 Å². The largest absolute Gasteiger partial charge is 0.447 e. The zero-order valence-corrected chi connectivity index (χ0v) is 15.6. The molecule has 2 aliphatic rings. The smallest absolute Gasteiger partial charge is 0.415 e. The highest BCUT2D eigenvalue weighted by molar-refractivity contribution is 7.88. The van der Waals surface area contributed by atoms with Crippen molar-refractivity contribution in [3.05, 3.63) is 18.1 Å². The molecule has 0 N–H and O–H groups in total. The van der Waals surface area contributed by atoms with E-state index in [2.05, 4.69) is 9.97 Å². The third-order valence-electron chi connectivity index (χ3n) is 4.92. The van der Waals surface area contributed by atoms with Crippen LogP contribution in [0.15, 0.2) is 12.4 Å². The number of hydrogen-bond acceptors (Lipinski definition) is 6. The standard InChI is InChI=1S/C16H24N4O4S/c1-11(2)14-10-24-16(21)20(14)15-9-17-13(8-18-15)12-4-6-19(7-5-12)25(3,22)23/h8-9,11-12,14H,4-7,10H2,1-3H3/t14-/m0/s1. The van der Waals surface area contributed by atoms with Crippen molar-refractivity contribution in [2.45, 2.75) is 38.6 Å². The summed E-state index contributed by atoms with van der Waals surface area (Å²) < 4.78 is 29.8. The number of cyclic esters (lactones) is 1. The first-order valence-corrected chi connectivity index (χ1v) is 10.3. The van der Waals surface area contributed by atoms with Crippen molar-refractivity contribution in [1.82, 2.24) is 14.3 Å². The van der Waals surface area contributed by atoms with Crippen LogP contribution in [0.1, 0.15) is 38.3 Å². The minimum atomic E-state index is -3.13. The molecule has 8 nitrogen and oxygen atoms in total. The van der Waals surface area contributed by atoms with Gasteiger partial charge in [0.25, 0.3) is 0 Å². The van der Waals surface area contributed by atoms with Crippen LogP contribution in [0.3, 0.4) is 0 Å². The second kappa shape index (κ2) is 6.87. The molecule has 3 heterocycles. The fraction of sp³-hybridized carbons (Fsp3) is 0.688. The van der Waals surface area contributed by atoms with Crippen molar-refractivity contribution in [3.63, 3.8) is 0 Å². The van der Waals surface area contributed by atoms with Gasteiger partial charge in [0.2, 0.25) is 10.0 Å². The van der Waals surface area contributed by atoms with Crippen molar-refractivity contribution >= 4 is 21.9 Å². The molecule has 1 aromatic rings. The van der Waals surface area contributed by atoms with Gasteiger partial charge in [0, 0.05) is 19.0 Å². The van der Waals surface area contributed by atoms with Crippen LogP contribution in [-0.4, -0.2) is 60.8 Å². The second-order valence-electron chi connectivity index (χ2n) is 6.99. The molecule has 0 unspecified atom stereocenters. The average molecular weight is 368 g/mol. The Hall–Kier alpha value is -1.74. The molecule has 3 rings (SSSR count). The summed E-state index contributed by atoms with van der Waals surface area (Å²) >= 11 is 0. The van der Waals surface area contributed by atoms with Crippen LogP contribution in [0.4, 0.5) is 10.6 Å². The SMILES string of the molecule is CC(C)[C@@H]1COC(=O)N1c1cnc(C2CCN(S(C)(=O)=O)CC2)cn1. The highest BCUT2D eigenvalue weighted by Gasteiger charge is 2.37. The molecular weight excluding hydrogens is 344 g/mol. The van der Waals surface area contributed by atoms with Gasteiger partial charge in [0.15, 0.2) is 5.82 Å². The Labute approximate surface area is 148 Å². The Morgan fingerprint density at radius 1 is 1.20 bits per heavy atom. The zero-order valence-electron chi connectivity index (χ0n) is 14.8. The molecule has 0 radical (unpaired) electrons. The molecule has 1 atom stereocenters. The summed E-state index contributed by atoms with van der Waals surface area (Å²) in [4.78, 5) is 22.4. The number of hydrogen-bond donors (Lipinski definition) is 0. The Morgan fingerprint density at radius 2 is 1.88 bits per heavy atom. The van der Waals surface area contributed by atoms with E-state index in [1.807, 2.05) is 13.8 Å². The quantitative estimate of drug-likeness (QED) is 0.801. The number of carbonyl (C=O) groups excluding carboxylic acids is 1. The van der Waals surface area contributed by atoms with E-state index in [0.29, 0.717) is 25.5 Å². The Bertz CT molecular complexity index is 727. The predicted molar refractivity (Wildman–Crippen MR) is 92.9 cm³/mol. The van der Waals surface area contributed by atoms with E-state index in [4.69, 9.17) is 4.74 Å². The average Bonchev–Trinajstić information content (AvgIpc) is 2.96. The van der Waals surface area contributed by atoms with Crippen molar-refractivity contribution in [1.29, 1.82) is 0 Å². The minimum absolute atomic E-state index is 0.0364. The molecule has 138 valence electrons. The number of amides is 1. The van der Waals surface area contributed by atoms with Crippen LogP contribution in [0.2, 0.25) is 0 Å². The van der Waals surface area contributed by atoms with E-state index in [1.165, 1.54) is 10.6 Å². The van der Waals surface area contributed by atoms with Gasteiger partial charge in [-0.3, -0.25) is 9.88 Å². The van der Waals surface area contributed by atoms with E-state index in [1.54, 1.807) is 17.3 Å². The Morgan fingerprint density at radius 3 is 2.40 bits per heavy atom. The van der Waals surface area contributed by atoms with Crippen molar-refractivity contribution in [3.8, 4) is 0 Å². The molecule has 2 aliphatic heterocycles. The first kappa shape index (κ1) is 18.1. The molecule has 2 saturated heterocycles. The van der Waals surface area contributed by atoms with Crippen molar-refractivity contribution in [2.24, 2.45) is 5.92 Å². The van der Waals surface area contributed by atoms with Gasteiger partial charge in [-0.15, -0.1) is 0 Å². The number of sulfonamides is 1. The predicted octanol–water partition coefficient (Wildman–Crippen LogP) is 1.60. The van der Waals surface area contributed by atoms with Gasteiger partial charge in [-0.1, -0.05) is 13.8 Å². The summed E-state index contributed by atoms with van der Waals surface area (Å²) in [6, 6.07) is -0.0364. The minimum Gasteiger partial charge on any atom is -0.447 e. The maximum absolute atomic E-state index is 12.0. The molecule has 1 amide bonds. The lowest BCUT2D eigenvalue weighted by atomic mass is 9.95. The number of anilines is 1. The van der Waals surface area contributed by atoms with Crippen LogP contribution in [0, 0.1) is 5.92 Å². The Kier molecular flexibility index (Phi) is 4.97. The third-order valence-corrected chi connectivity index (χ3v) is 6.22. The normalized spacial score (nSPS) is 23.3. The molecule has 0 aromatic carbocycles. The topological polar surface area (TPSA) is 92.7 Å². The number of rotatable bonds is 4. The third kappa shape index (κ3) is 3.77. The van der Waals surface area contributed by atoms with Crippen molar-refractivity contribution < 1.29 is 17.9 Å². The van der Waals surface area contributed by atoms with Crippen LogP contribution in [0.5, 0.6) is 0 Å². The van der Waals surface area contributed by atoms with Gasteiger partial charge in [-0.05, 0) is 18.8 Å². The monoisotopic (exact) mass is 368 g/mol. The lowest BCUT2D eigenvalue weighted by Crippen LogP contribution is -2.38. The van der Waals surface area contributed by atoms with Gasteiger partial charge in [-0.2, -0.15) is 0 Å². The van der Waals surface area contributed by atoms with E-state index in [0.717, 1.165) is 18.5 Å².